The molecule has 0 amide bonds. The van der Waals surface area contributed by atoms with Crippen molar-refractivity contribution in [2.45, 2.75) is 51.0 Å². The van der Waals surface area contributed by atoms with E-state index in [4.69, 9.17) is 0 Å². The Morgan fingerprint density at radius 3 is 2.62 bits per heavy atom. The van der Waals surface area contributed by atoms with Gasteiger partial charge in [0.1, 0.15) is 23.0 Å². The largest absolute Gasteiger partial charge is 0.416 e. The second kappa shape index (κ2) is 6.64. The molecule has 1 aliphatic rings. The molecule has 0 saturated heterocycles. The van der Waals surface area contributed by atoms with Gasteiger partial charge in [0.05, 0.1) is 27.9 Å². The van der Waals surface area contributed by atoms with Crippen molar-refractivity contribution in [2.75, 3.05) is 0 Å². The van der Waals surface area contributed by atoms with E-state index < -0.39 is 27.5 Å². The highest BCUT2D eigenvalue weighted by Crippen LogP contribution is 2.33. The Morgan fingerprint density at radius 1 is 1.23 bits per heavy atom. The summed E-state index contributed by atoms with van der Waals surface area (Å²) in [5, 5.41) is 0. The summed E-state index contributed by atoms with van der Waals surface area (Å²) in [6.07, 6.45) is 0.679. The van der Waals surface area contributed by atoms with Crippen LogP contribution in [-0.2, 0) is 30.0 Å². The number of alkyl halides is 3. The third kappa shape index (κ3) is 3.75. The van der Waals surface area contributed by atoms with Gasteiger partial charge in [0.15, 0.2) is 0 Å². The van der Waals surface area contributed by atoms with Crippen molar-refractivity contribution in [2.24, 2.45) is 4.40 Å². The summed E-state index contributed by atoms with van der Waals surface area (Å²) >= 11 is 0. The summed E-state index contributed by atoms with van der Waals surface area (Å²) < 4.78 is 56.4. The van der Waals surface area contributed by atoms with Gasteiger partial charge in [-0.15, -0.1) is 0 Å². The van der Waals surface area contributed by atoms with Gasteiger partial charge in [0, 0.05) is 0 Å². The number of nitrogens with zero attached hydrogens (tertiary/aromatic N) is 3. The van der Waals surface area contributed by atoms with E-state index in [-0.39, 0.29) is 0 Å². The highest BCUT2D eigenvalue weighted by atomic mass is 32.2. The molecule has 1 aromatic heterocycles. The molecule has 0 spiro atoms. The molecule has 26 heavy (non-hydrogen) atoms. The summed E-state index contributed by atoms with van der Waals surface area (Å²) in [4.78, 5) is 4.32. The van der Waals surface area contributed by atoms with Gasteiger partial charge >= 0.3 is 6.18 Å². The molecule has 3 rings (SSSR count). The average molecular weight is 383 g/mol. The van der Waals surface area contributed by atoms with Crippen molar-refractivity contribution in [3.05, 3.63) is 47.0 Å². The minimum absolute atomic E-state index is 0.465. The van der Waals surface area contributed by atoms with Gasteiger partial charge in [0.2, 0.25) is 0 Å². The molecule has 0 bridgehead atoms. The van der Waals surface area contributed by atoms with Crippen LogP contribution in [-0.4, -0.2) is 24.7 Å². The number of aryl methyl sites for hydroxylation is 1. The Morgan fingerprint density at radius 2 is 1.96 bits per heavy atom. The Bertz CT molecular complexity index is 879. The van der Waals surface area contributed by atoms with E-state index >= 15 is 0 Å². The second-order valence-electron chi connectivity index (χ2n) is 7.24. The molecule has 0 saturated carbocycles. The standard InChI is InChI=1S/C18H20F3N3OS/c1-17(2,3)26(25)23-10-14-16-6-4-5-12-9-13(18(19,20)21)7-8-15(12)24(16)11-22-14/h7-11H,4-6H2,1-3H3/t26-/m0/s1. The first kappa shape index (κ1) is 18.8. The molecule has 0 unspecified atom stereocenters. The minimum atomic E-state index is -4.35. The molecule has 0 fully saturated rings. The van der Waals surface area contributed by atoms with Crippen molar-refractivity contribution in [1.82, 2.24) is 9.55 Å². The molecule has 0 radical (unpaired) electrons. The highest BCUT2D eigenvalue weighted by Gasteiger charge is 2.31. The fourth-order valence-corrected chi connectivity index (χ4v) is 3.36. The van der Waals surface area contributed by atoms with E-state index in [1.165, 1.54) is 18.3 Å². The van der Waals surface area contributed by atoms with Gasteiger partial charge in [-0.1, -0.05) is 0 Å². The van der Waals surface area contributed by atoms with E-state index in [9.17, 15) is 17.4 Å². The Balaban J connectivity index is 1.99. The summed E-state index contributed by atoms with van der Waals surface area (Å²) in [6.45, 7) is 5.51. The van der Waals surface area contributed by atoms with E-state index in [0.29, 0.717) is 36.2 Å². The smallest absolute Gasteiger partial charge is 0.302 e. The number of hydrogen-bond donors (Lipinski definition) is 0. The van der Waals surface area contributed by atoms with E-state index in [1.807, 2.05) is 25.3 Å². The topological polar surface area (TPSA) is 47.2 Å². The predicted molar refractivity (Wildman–Crippen MR) is 96.1 cm³/mol. The maximum atomic E-state index is 13.0. The summed E-state index contributed by atoms with van der Waals surface area (Å²) in [5.74, 6) is 0. The number of rotatable bonds is 2. The number of imidazole rings is 1. The monoisotopic (exact) mass is 383 g/mol. The first-order chi connectivity index (χ1) is 12.1. The third-order valence-corrected chi connectivity index (χ3v) is 5.56. The van der Waals surface area contributed by atoms with Crippen LogP contribution in [0.25, 0.3) is 5.69 Å². The van der Waals surface area contributed by atoms with Crippen molar-refractivity contribution >= 4 is 17.2 Å². The number of hydrogen-bond acceptors (Lipinski definition) is 2. The normalized spacial score (nSPS) is 16.2. The number of halogens is 3. The van der Waals surface area contributed by atoms with Gasteiger partial charge < -0.3 is 4.57 Å². The van der Waals surface area contributed by atoms with Gasteiger partial charge in [-0.3, -0.25) is 0 Å². The van der Waals surface area contributed by atoms with E-state index in [1.54, 1.807) is 6.33 Å². The minimum Gasteiger partial charge on any atom is -0.302 e. The number of fused-ring (bicyclic) bond motifs is 3. The molecular weight excluding hydrogens is 363 g/mol. The number of benzene rings is 1. The molecule has 140 valence electrons. The molecule has 1 aliphatic heterocycles. The fourth-order valence-electron chi connectivity index (χ4n) is 2.85. The Kier molecular flexibility index (Phi) is 4.81. The molecule has 1 atom stereocenters. The van der Waals surface area contributed by atoms with E-state index in [0.717, 1.165) is 11.8 Å². The zero-order chi connectivity index (χ0) is 19.1. The highest BCUT2D eigenvalue weighted by molar-refractivity contribution is 7.85. The molecule has 0 N–H and O–H groups in total. The molecule has 4 nitrogen and oxygen atoms in total. The van der Waals surface area contributed by atoms with Crippen LogP contribution in [0.5, 0.6) is 0 Å². The van der Waals surface area contributed by atoms with Crippen molar-refractivity contribution in [3.8, 4) is 5.69 Å². The molecule has 8 heteroatoms. The molecule has 2 aromatic rings. The van der Waals surface area contributed by atoms with Crippen LogP contribution >= 0.6 is 0 Å². The third-order valence-electron chi connectivity index (χ3n) is 4.22. The van der Waals surface area contributed by atoms with Gasteiger partial charge in [-0.2, -0.15) is 17.6 Å². The van der Waals surface area contributed by atoms with Crippen LogP contribution in [0.4, 0.5) is 13.2 Å². The Labute approximate surface area is 152 Å². The summed E-state index contributed by atoms with van der Waals surface area (Å²) in [7, 11) is -1.39. The first-order valence-corrected chi connectivity index (χ1v) is 9.41. The first-order valence-electron chi connectivity index (χ1n) is 8.30. The lowest BCUT2D eigenvalue weighted by molar-refractivity contribution is -0.137. The van der Waals surface area contributed by atoms with Crippen molar-refractivity contribution in [3.63, 3.8) is 0 Å². The predicted octanol–water partition coefficient (Wildman–Crippen LogP) is 4.26. The fraction of sp³-hybridized carbons (Fsp3) is 0.444. The molecule has 0 aliphatic carbocycles. The lowest BCUT2D eigenvalue weighted by atomic mass is 10.0. The SMILES string of the molecule is CC(C)(C)[S@](=O)N=Cc1ncn2c1CCCc1cc(C(F)(F)F)ccc1-2. The zero-order valence-electron chi connectivity index (χ0n) is 14.8. The van der Waals surface area contributed by atoms with Crippen molar-refractivity contribution in [1.29, 1.82) is 0 Å². The quantitative estimate of drug-likeness (QED) is 0.728. The average Bonchev–Trinajstić information content (AvgIpc) is 2.84. The number of aromatic nitrogens is 2. The maximum absolute atomic E-state index is 13.0. The maximum Gasteiger partial charge on any atom is 0.416 e. The van der Waals surface area contributed by atoms with Gasteiger partial charge in [-0.25, -0.2) is 9.19 Å². The Hall–Kier alpha value is -1.96. The lowest BCUT2D eigenvalue weighted by Crippen LogP contribution is -2.19. The molecule has 2 heterocycles. The molecule has 1 aromatic carbocycles. The summed E-state index contributed by atoms with van der Waals surface area (Å²) in [5.41, 5.74) is 2.20. The van der Waals surface area contributed by atoms with Crippen LogP contribution in [0.1, 0.15) is 49.7 Å². The van der Waals surface area contributed by atoms with Crippen molar-refractivity contribution < 1.29 is 17.4 Å². The van der Waals surface area contributed by atoms with Gasteiger partial charge in [-0.05, 0) is 63.8 Å². The second-order valence-corrected chi connectivity index (χ2v) is 9.17. The lowest BCUT2D eigenvalue weighted by Gasteiger charge is -2.13. The molecular formula is C18H20F3N3OS. The van der Waals surface area contributed by atoms with Crippen LogP contribution in [0.2, 0.25) is 0 Å². The van der Waals surface area contributed by atoms with Crippen LogP contribution in [0, 0.1) is 0 Å². The van der Waals surface area contributed by atoms with Crippen LogP contribution in [0.15, 0.2) is 28.9 Å². The summed E-state index contributed by atoms with van der Waals surface area (Å²) in [6, 6.07) is 3.80. The zero-order valence-corrected chi connectivity index (χ0v) is 15.6. The van der Waals surface area contributed by atoms with Crippen LogP contribution in [0.3, 0.4) is 0 Å². The van der Waals surface area contributed by atoms with Crippen LogP contribution < -0.4 is 0 Å². The van der Waals surface area contributed by atoms with E-state index in [2.05, 4.69) is 9.38 Å². The van der Waals surface area contributed by atoms with Gasteiger partial charge in [0.25, 0.3) is 0 Å².